The molecule has 4 nitrogen and oxygen atoms in total. The second kappa shape index (κ2) is 4.94. The summed E-state index contributed by atoms with van der Waals surface area (Å²) in [6, 6.07) is 0.338. The van der Waals surface area contributed by atoms with Gasteiger partial charge in [-0.05, 0) is 25.8 Å². The van der Waals surface area contributed by atoms with Crippen LogP contribution in [0.25, 0.3) is 0 Å². The number of likely N-dealkylation sites (N-methyl/N-ethyl adjacent to an activating group) is 1. The van der Waals surface area contributed by atoms with Gasteiger partial charge in [0.2, 0.25) is 5.91 Å². The largest absolute Gasteiger partial charge is 0.379 e. The van der Waals surface area contributed by atoms with E-state index in [1.807, 2.05) is 11.9 Å². The van der Waals surface area contributed by atoms with Crippen molar-refractivity contribution in [3.05, 3.63) is 0 Å². The smallest absolute Gasteiger partial charge is 0.239 e. The average Bonchev–Trinajstić information content (AvgIpc) is 2.82. The average molecular weight is 212 g/mol. The normalized spacial score (nSPS) is 31.5. The third-order valence-electron chi connectivity index (χ3n) is 3.41. The number of piperidine rings is 1. The van der Waals surface area contributed by atoms with Crippen LogP contribution >= 0.6 is 0 Å². The van der Waals surface area contributed by atoms with Crippen LogP contribution in [0.2, 0.25) is 0 Å². The van der Waals surface area contributed by atoms with Gasteiger partial charge in [0, 0.05) is 13.7 Å². The first kappa shape index (κ1) is 10.9. The van der Waals surface area contributed by atoms with E-state index in [4.69, 9.17) is 4.74 Å². The number of hydrogen-bond acceptors (Lipinski definition) is 3. The Labute approximate surface area is 91.0 Å². The topological polar surface area (TPSA) is 41.6 Å². The van der Waals surface area contributed by atoms with E-state index in [1.54, 1.807) is 0 Å². The molecule has 1 amide bonds. The lowest BCUT2D eigenvalue weighted by Crippen LogP contribution is -2.50. The van der Waals surface area contributed by atoms with E-state index in [9.17, 15) is 4.79 Å². The van der Waals surface area contributed by atoms with Crippen molar-refractivity contribution >= 4 is 5.91 Å². The van der Waals surface area contributed by atoms with Gasteiger partial charge in [-0.15, -0.1) is 0 Å². The van der Waals surface area contributed by atoms with E-state index in [-0.39, 0.29) is 11.9 Å². The summed E-state index contributed by atoms with van der Waals surface area (Å²) >= 11 is 0. The number of amides is 1. The van der Waals surface area contributed by atoms with Gasteiger partial charge in [-0.25, -0.2) is 0 Å². The van der Waals surface area contributed by atoms with Crippen molar-refractivity contribution in [2.24, 2.45) is 0 Å². The number of carbonyl (C=O) groups is 1. The van der Waals surface area contributed by atoms with Crippen molar-refractivity contribution in [1.82, 2.24) is 10.2 Å². The molecule has 0 aliphatic carbocycles. The molecule has 2 rings (SSSR count). The maximum atomic E-state index is 12.1. The summed E-state index contributed by atoms with van der Waals surface area (Å²) in [6.45, 7) is 2.47. The number of carbonyl (C=O) groups excluding carboxylic acids is 1. The first-order chi connectivity index (χ1) is 7.29. The Morgan fingerprint density at radius 2 is 2.27 bits per heavy atom. The fourth-order valence-electron chi connectivity index (χ4n) is 2.32. The van der Waals surface area contributed by atoms with E-state index in [0.29, 0.717) is 12.6 Å². The van der Waals surface area contributed by atoms with Crippen LogP contribution in [-0.2, 0) is 9.53 Å². The molecule has 86 valence electrons. The van der Waals surface area contributed by atoms with Gasteiger partial charge < -0.3 is 15.0 Å². The van der Waals surface area contributed by atoms with Gasteiger partial charge >= 0.3 is 0 Å². The molecule has 0 aromatic heterocycles. The first-order valence-corrected chi connectivity index (χ1v) is 5.87. The van der Waals surface area contributed by atoms with Crippen molar-refractivity contribution in [2.45, 2.75) is 37.8 Å². The van der Waals surface area contributed by atoms with E-state index >= 15 is 0 Å². The summed E-state index contributed by atoms with van der Waals surface area (Å²) in [5.74, 6) is 0.241. The van der Waals surface area contributed by atoms with Gasteiger partial charge in [0.1, 0.15) is 0 Å². The molecular weight excluding hydrogens is 192 g/mol. The van der Waals surface area contributed by atoms with Gasteiger partial charge in [-0.1, -0.05) is 6.42 Å². The Balaban J connectivity index is 1.87. The van der Waals surface area contributed by atoms with Crippen LogP contribution in [0.1, 0.15) is 25.7 Å². The molecule has 2 atom stereocenters. The van der Waals surface area contributed by atoms with E-state index in [1.165, 1.54) is 12.8 Å². The first-order valence-electron chi connectivity index (χ1n) is 5.87. The lowest BCUT2D eigenvalue weighted by Gasteiger charge is -2.30. The highest BCUT2D eigenvalue weighted by molar-refractivity contribution is 5.82. The molecule has 2 fully saturated rings. The summed E-state index contributed by atoms with van der Waals surface area (Å²) < 4.78 is 5.30. The third kappa shape index (κ3) is 2.49. The number of rotatable bonds is 2. The highest BCUT2D eigenvalue weighted by Gasteiger charge is 2.29. The predicted molar refractivity (Wildman–Crippen MR) is 57.6 cm³/mol. The Bertz CT molecular complexity index is 221. The van der Waals surface area contributed by atoms with Crippen molar-refractivity contribution in [2.75, 3.05) is 26.8 Å². The highest BCUT2D eigenvalue weighted by Crippen LogP contribution is 2.15. The molecule has 0 aromatic carbocycles. The van der Waals surface area contributed by atoms with E-state index < -0.39 is 0 Å². The lowest BCUT2D eigenvalue weighted by atomic mass is 10.0. The van der Waals surface area contributed by atoms with Crippen LogP contribution < -0.4 is 5.32 Å². The molecule has 0 aromatic rings. The Morgan fingerprint density at radius 3 is 2.87 bits per heavy atom. The van der Waals surface area contributed by atoms with Crippen molar-refractivity contribution in [1.29, 1.82) is 0 Å². The fourth-order valence-corrected chi connectivity index (χ4v) is 2.32. The molecule has 1 N–H and O–H groups in total. The van der Waals surface area contributed by atoms with Gasteiger partial charge in [-0.3, -0.25) is 4.79 Å². The molecule has 2 heterocycles. The second-order valence-corrected chi connectivity index (χ2v) is 4.47. The quantitative estimate of drug-likeness (QED) is 0.719. The second-order valence-electron chi connectivity index (χ2n) is 4.47. The molecule has 4 heteroatoms. The lowest BCUT2D eigenvalue weighted by molar-refractivity contribution is -0.134. The van der Waals surface area contributed by atoms with Crippen LogP contribution in [0.5, 0.6) is 0 Å². The van der Waals surface area contributed by atoms with Gasteiger partial charge in [-0.2, -0.15) is 0 Å². The zero-order valence-electron chi connectivity index (χ0n) is 9.37. The molecule has 0 saturated carbocycles. The molecular formula is C11H20N2O2. The number of hydrogen-bond donors (Lipinski definition) is 1. The fraction of sp³-hybridized carbons (Fsp3) is 0.909. The maximum absolute atomic E-state index is 12.1. The van der Waals surface area contributed by atoms with Crippen LogP contribution in [0.15, 0.2) is 0 Å². The van der Waals surface area contributed by atoms with Crippen molar-refractivity contribution in [3.63, 3.8) is 0 Å². The van der Waals surface area contributed by atoms with Crippen LogP contribution in [0, 0.1) is 0 Å². The zero-order valence-corrected chi connectivity index (χ0v) is 9.37. The maximum Gasteiger partial charge on any atom is 0.239 e. The van der Waals surface area contributed by atoms with Crippen molar-refractivity contribution < 1.29 is 9.53 Å². The number of nitrogens with zero attached hydrogens (tertiary/aromatic N) is 1. The van der Waals surface area contributed by atoms with Crippen LogP contribution in [-0.4, -0.2) is 49.7 Å². The van der Waals surface area contributed by atoms with E-state index in [0.717, 1.165) is 26.0 Å². The minimum atomic E-state index is 0.0457. The summed E-state index contributed by atoms with van der Waals surface area (Å²) in [5.41, 5.74) is 0. The van der Waals surface area contributed by atoms with Crippen molar-refractivity contribution in [3.8, 4) is 0 Å². The number of nitrogens with one attached hydrogen (secondary N) is 1. The molecule has 2 saturated heterocycles. The summed E-state index contributed by atoms with van der Waals surface area (Å²) in [6.07, 6.45) is 4.32. The zero-order chi connectivity index (χ0) is 10.7. The summed E-state index contributed by atoms with van der Waals surface area (Å²) in [5, 5.41) is 3.29. The summed E-state index contributed by atoms with van der Waals surface area (Å²) in [7, 11) is 1.90. The Hall–Kier alpha value is -0.610. The molecule has 1 unspecified atom stereocenters. The van der Waals surface area contributed by atoms with Gasteiger partial charge in [0.05, 0.1) is 18.7 Å². The minimum absolute atomic E-state index is 0.0457. The minimum Gasteiger partial charge on any atom is -0.379 e. The monoisotopic (exact) mass is 212 g/mol. The molecule has 2 aliphatic rings. The molecule has 0 bridgehead atoms. The predicted octanol–water partition coefficient (Wildman–Crippen LogP) is 0.376. The SMILES string of the molecule is CN(C(=O)[C@H]1CCCCN1)C1CCOC1. The molecule has 0 spiro atoms. The van der Waals surface area contributed by atoms with Crippen LogP contribution in [0.4, 0.5) is 0 Å². The molecule has 2 aliphatic heterocycles. The summed E-state index contributed by atoms with van der Waals surface area (Å²) in [4.78, 5) is 14.0. The van der Waals surface area contributed by atoms with E-state index in [2.05, 4.69) is 5.32 Å². The number of ether oxygens (including phenoxy) is 1. The third-order valence-corrected chi connectivity index (χ3v) is 3.41. The Morgan fingerprint density at radius 1 is 1.40 bits per heavy atom. The Kier molecular flexibility index (Phi) is 3.59. The molecule has 0 radical (unpaired) electrons. The van der Waals surface area contributed by atoms with Gasteiger partial charge in [0.25, 0.3) is 0 Å². The van der Waals surface area contributed by atoms with Crippen LogP contribution in [0.3, 0.4) is 0 Å². The standard InChI is InChI=1S/C11H20N2O2/c1-13(9-5-7-15-8-9)11(14)10-4-2-3-6-12-10/h9-10,12H,2-8H2,1H3/t9?,10-/m1/s1. The molecule has 15 heavy (non-hydrogen) atoms. The highest BCUT2D eigenvalue weighted by atomic mass is 16.5. The van der Waals surface area contributed by atoms with Gasteiger partial charge in [0.15, 0.2) is 0 Å².